The van der Waals surface area contributed by atoms with E-state index in [0.29, 0.717) is 12.3 Å². The van der Waals surface area contributed by atoms with Gasteiger partial charge in [0.2, 0.25) is 5.89 Å². The number of benzene rings is 1. The standard InChI is InChI=1S/C24H33N3O6S/c1-16(2)18-11-13-20(14-12-18)34(31,32)27-23(30)22-25-24(33-26-22)19(15-21(28)29)10-6-9-17-7-4-3-5-8-17/h11-14,16-17,19H,3-10,15H2,1-2H3,(H,27,30)(H,28,29)/p-1/t19-/m1/s1. The summed E-state index contributed by atoms with van der Waals surface area (Å²) in [6.07, 6.45) is 8.14. The van der Waals surface area contributed by atoms with Crippen LogP contribution >= 0.6 is 0 Å². The summed E-state index contributed by atoms with van der Waals surface area (Å²) < 4.78 is 32.2. The molecule has 1 saturated carbocycles. The van der Waals surface area contributed by atoms with Gasteiger partial charge in [0.1, 0.15) is 0 Å². The number of aliphatic carboxylic acids is 1. The van der Waals surface area contributed by atoms with Crippen molar-refractivity contribution in [3.63, 3.8) is 0 Å². The third-order valence-corrected chi connectivity index (χ3v) is 7.73. The molecule has 0 bridgehead atoms. The van der Waals surface area contributed by atoms with Crippen LogP contribution in [0.3, 0.4) is 0 Å². The molecule has 0 radical (unpaired) electrons. The Balaban J connectivity index is 1.64. The van der Waals surface area contributed by atoms with E-state index in [1.165, 1.54) is 44.2 Å². The van der Waals surface area contributed by atoms with Gasteiger partial charge in [-0.3, -0.25) is 4.79 Å². The third kappa shape index (κ3) is 7.12. The molecule has 1 amide bonds. The molecule has 34 heavy (non-hydrogen) atoms. The van der Waals surface area contributed by atoms with Gasteiger partial charge in [0.15, 0.2) is 0 Å². The van der Waals surface area contributed by atoms with Gasteiger partial charge in [-0.25, -0.2) is 13.1 Å². The fraction of sp³-hybridized carbons (Fsp3) is 0.583. The molecule has 1 N–H and O–H groups in total. The third-order valence-electron chi connectivity index (χ3n) is 6.38. The summed E-state index contributed by atoms with van der Waals surface area (Å²) in [5.74, 6) is -2.47. The van der Waals surface area contributed by atoms with Crippen molar-refractivity contribution in [2.75, 3.05) is 0 Å². The molecular formula is C24H32N3O6S-. The second-order valence-electron chi connectivity index (χ2n) is 9.32. The maximum Gasteiger partial charge on any atom is 0.306 e. The minimum absolute atomic E-state index is 0.00308. The molecule has 1 heterocycles. The maximum absolute atomic E-state index is 12.6. The van der Waals surface area contributed by atoms with Crippen molar-refractivity contribution in [1.82, 2.24) is 14.9 Å². The maximum atomic E-state index is 12.6. The van der Waals surface area contributed by atoms with Crippen molar-refractivity contribution < 1.29 is 27.6 Å². The van der Waals surface area contributed by atoms with Gasteiger partial charge in [-0.05, 0) is 42.4 Å². The molecule has 186 valence electrons. The molecule has 0 saturated heterocycles. The summed E-state index contributed by atoms with van der Waals surface area (Å²) in [5.41, 5.74) is 0.968. The number of sulfonamides is 1. The topological polar surface area (TPSA) is 142 Å². The largest absolute Gasteiger partial charge is 0.550 e. The van der Waals surface area contributed by atoms with Gasteiger partial charge in [-0.15, -0.1) is 0 Å². The summed E-state index contributed by atoms with van der Waals surface area (Å²) in [6, 6.07) is 6.23. The lowest BCUT2D eigenvalue weighted by Gasteiger charge is -2.22. The second-order valence-corrected chi connectivity index (χ2v) is 11.0. The number of amides is 1. The lowest BCUT2D eigenvalue weighted by Crippen LogP contribution is -2.31. The van der Waals surface area contributed by atoms with E-state index >= 15 is 0 Å². The highest BCUT2D eigenvalue weighted by Gasteiger charge is 2.26. The van der Waals surface area contributed by atoms with Crippen molar-refractivity contribution in [3.05, 3.63) is 41.5 Å². The van der Waals surface area contributed by atoms with Gasteiger partial charge in [0, 0.05) is 11.9 Å². The van der Waals surface area contributed by atoms with Crippen molar-refractivity contribution in [1.29, 1.82) is 0 Å². The number of carboxylic acid groups (broad SMARTS) is 1. The zero-order chi connectivity index (χ0) is 24.7. The number of nitrogens with one attached hydrogen (secondary N) is 1. The average Bonchev–Trinajstić information content (AvgIpc) is 3.29. The monoisotopic (exact) mass is 490 g/mol. The number of rotatable bonds is 11. The Kier molecular flexibility index (Phi) is 8.82. The number of carbonyl (C=O) groups excluding carboxylic acids is 2. The average molecular weight is 491 g/mol. The number of carbonyl (C=O) groups is 2. The Morgan fingerprint density at radius 2 is 1.82 bits per heavy atom. The Bertz CT molecular complexity index is 1070. The Morgan fingerprint density at radius 3 is 2.44 bits per heavy atom. The molecule has 1 fully saturated rings. The predicted molar refractivity (Wildman–Crippen MR) is 122 cm³/mol. The number of hydrogen-bond acceptors (Lipinski definition) is 8. The Morgan fingerprint density at radius 1 is 1.15 bits per heavy atom. The van der Waals surface area contributed by atoms with Crippen LogP contribution in [-0.4, -0.2) is 30.4 Å². The highest BCUT2D eigenvalue weighted by molar-refractivity contribution is 7.90. The highest BCUT2D eigenvalue weighted by Crippen LogP contribution is 2.31. The van der Waals surface area contributed by atoms with Gasteiger partial charge < -0.3 is 14.4 Å². The number of nitrogens with zero attached hydrogens (tertiary/aromatic N) is 2. The van der Waals surface area contributed by atoms with E-state index < -0.39 is 33.6 Å². The molecule has 1 aromatic heterocycles. The van der Waals surface area contributed by atoms with E-state index in [9.17, 15) is 23.1 Å². The van der Waals surface area contributed by atoms with Gasteiger partial charge >= 0.3 is 5.91 Å². The summed E-state index contributed by atoms with van der Waals surface area (Å²) in [6.45, 7) is 3.98. The Labute approximate surface area is 200 Å². The van der Waals surface area contributed by atoms with Crippen LogP contribution in [0, 0.1) is 5.92 Å². The first kappa shape index (κ1) is 25.9. The predicted octanol–water partition coefficient (Wildman–Crippen LogP) is 3.29. The molecule has 1 atom stereocenters. The van der Waals surface area contributed by atoms with Gasteiger partial charge in [-0.2, -0.15) is 4.98 Å². The number of aromatic nitrogens is 2. The van der Waals surface area contributed by atoms with Crippen LogP contribution in [-0.2, 0) is 14.8 Å². The Hall–Kier alpha value is -2.75. The minimum Gasteiger partial charge on any atom is -0.550 e. The zero-order valence-electron chi connectivity index (χ0n) is 19.7. The molecule has 1 aliphatic carbocycles. The summed E-state index contributed by atoms with van der Waals surface area (Å²) >= 11 is 0. The van der Waals surface area contributed by atoms with E-state index in [1.54, 1.807) is 12.1 Å². The summed E-state index contributed by atoms with van der Waals surface area (Å²) in [5, 5.41) is 14.8. The lowest BCUT2D eigenvalue weighted by molar-refractivity contribution is -0.306. The minimum atomic E-state index is -4.13. The van der Waals surface area contributed by atoms with Crippen LogP contribution in [0.15, 0.2) is 33.7 Å². The molecule has 3 rings (SSSR count). The van der Waals surface area contributed by atoms with Gasteiger partial charge in [0.25, 0.3) is 15.8 Å². The molecule has 9 nitrogen and oxygen atoms in total. The first-order valence-electron chi connectivity index (χ1n) is 11.9. The molecule has 10 heteroatoms. The van der Waals surface area contributed by atoms with Crippen LogP contribution in [0.4, 0.5) is 0 Å². The smallest absolute Gasteiger partial charge is 0.306 e. The lowest BCUT2D eigenvalue weighted by atomic mass is 9.84. The van der Waals surface area contributed by atoms with Crippen LogP contribution < -0.4 is 9.83 Å². The second kappa shape index (κ2) is 11.6. The molecular weight excluding hydrogens is 458 g/mol. The molecule has 2 aromatic rings. The molecule has 0 spiro atoms. The molecule has 1 aliphatic rings. The van der Waals surface area contributed by atoms with E-state index in [4.69, 9.17) is 4.52 Å². The van der Waals surface area contributed by atoms with E-state index in [2.05, 4.69) is 10.1 Å². The van der Waals surface area contributed by atoms with Gasteiger partial charge in [-0.1, -0.05) is 76.1 Å². The molecule has 1 aromatic carbocycles. The van der Waals surface area contributed by atoms with Crippen molar-refractivity contribution in [2.45, 2.75) is 88.4 Å². The van der Waals surface area contributed by atoms with Crippen molar-refractivity contribution >= 4 is 21.9 Å². The highest BCUT2D eigenvalue weighted by atomic mass is 32.2. The number of carboxylic acids is 1. The van der Waals surface area contributed by atoms with E-state index in [1.807, 2.05) is 18.6 Å². The molecule has 0 unspecified atom stereocenters. The van der Waals surface area contributed by atoms with Crippen molar-refractivity contribution in [3.8, 4) is 0 Å². The van der Waals surface area contributed by atoms with Crippen molar-refractivity contribution in [2.24, 2.45) is 5.92 Å². The first-order valence-corrected chi connectivity index (χ1v) is 13.3. The molecule has 0 aliphatic heterocycles. The fourth-order valence-corrected chi connectivity index (χ4v) is 5.34. The SMILES string of the molecule is CC(C)c1ccc(S(=O)(=O)NC(=O)c2noc([C@H](CCCC3CCCCC3)CC(=O)[O-])n2)cc1. The van der Waals surface area contributed by atoms with Crippen LogP contribution in [0.2, 0.25) is 0 Å². The van der Waals surface area contributed by atoms with Crippen LogP contribution in [0.25, 0.3) is 0 Å². The first-order chi connectivity index (χ1) is 16.2. The quantitative estimate of drug-likeness (QED) is 0.505. The van der Waals surface area contributed by atoms with Gasteiger partial charge in [0.05, 0.1) is 4.90 Å². The van der Waals surface area contributed by atoms with E-state index in [0.717, 1.165) is 18.4 Å². The van der Waals surface area contributed by atoms with Crippen LogP contribution in [0.1, 0.15) is 106 Å². The normalized spacial score (nSPS) is 15.9. The van der Waals surface area contributed by atoms with Crippen LogP contribution in [0.5, 0.6) is 0 Å². The summed E-state index contributed by atoms with van der Waals surface area (Å²) in [4.78, 5) is 27.7. The fourth-order valence-electron chi connectivity index (χ4n) is 4.39. The zero-order valence-corrected chi connectivity index (χ0v) is 20.5. The summed E-state index contributed by atoms with van der Waals surface area (Å²) in [7, 11) is -4.13. The van der Waals surface area contributed by atoms with E-state index in [-0.39, 0.29) is 23.1 Å². The number of hydrogen-bond donors (Lipinski definition) is 1.